The lowest BCUT2D eigenvalue weighted by Crippen LogP contribution is -2.25. The Bertz CT molecular complexity index is 376. The number of hydrogen-bond acceptors (Lipinski definition) is 6. The van der Waals surface area contributed by atoms with Crippen molar-refractivity contribution in [3.63, 3.8) is 0 Å². The van der Waals surface area contributed by atoms with Gasteiger partial charge in [-0.15, -0.1) is 0 Å². The molecule has 0 aliphatic carbocycles. The molecular weight excluding hydrogens is 222 g/mol. The van der Waals surface area contributed by atoms with Crippen LogP contribution < -0.4 is 5.32 Å². The van der Waals surface area contributed by atoms with E-state index in [-0.39, 0.29) is 12.1 Å². The Labute approximate surface area is 100 Å². The molecule has 1 aliphatic rings. The number of nitrogens with one attached hydrogen (secondary N) is 1. The fraction of sp³-hybridized carbons (Fsp3) is 0.818. The molecule has 1 unspecified atom stereocenters. The molecule has 1 aromatic rings. The number of methoxy groups -OCH3 is 1. The van der Waals surface area contributed by atoms with Crippen molar-refractivity contribution >= 4 is 0 Å². The molecule has 1 saturated heterocycles. The van der Waals surface area contributed by atoms with E-state index in [1.165, 1.54) is 0 Å². The molecule has 2 heterocycles. The van der Waals surface area contributed by atoms with E-state index < -0.39 is 5.60 Å². The average molecular weight is 241 g/mol. The minimum atomic E-state index is -0.515. The Morgan fingerprint density at radius 1 is 1.65 bits per heavy atom. The Morgan fingerprint density at radius 2 is 2.41 bits per heavy atom. The molecule has 1 fully saturated rings. The first-order valence-corrected chi connectivity index (χ1v) is 5.89. The van der Waals surface area contributed by atoms with Crippen molar-refractivity contribution in [2.75, 3.05) is 13.7 Å². The van der Waals surface area contributed by atoms with E-state index >= 15 is 0 Å². The highest BCUT2D eigenvalue weighted by Gasteiger charge is 2.33. The number of β-amino-alcohol motifs (C(OH)–C–C–N with tert-alkyl or cyclic N) is 1. The number of rotatable bonds is 4. The van der Waals surface area contributed by atoms with Crippen LogP contribution in [0.2, 0.25) is 0 Å². The molecule has 2 rings (SSSR count). The largest absolute Gasteiger partial charge is 0.392 e. The summed E-state index contributed by atoms with van der Waals surface area (Å²) in [6.45, 7) is 4.51. The highest BCUT2D eigenvalue weighted by Crippen LogP contribution is 2.28. The molecule has 0 saturated carbocycles. The van der Waals surface area contributed by atoms with Crippen LogP contribution in [0.15, 0.2) is 4.52 Å². The number of ether oxygens (including phenoxy) is 1. The maximum absolute atomic E-state index is 9.44. The molecule has 0 bridgehead atoms. The zero-order valence-corrected chi connectivity index (χ0v) is 10.4. The van der Waals surface area contributed by atoms with E-state index in [0.717, 1.165) is 6.42 Å². The maximum Gasteiger partial charge on any atom is 0.243 e. The van der Waals surface area contributed by atoms with Gasteiger partial charge in [-0.3, -0.25) is 0 Å². The molecule has 6 nitrogen and oxygen atoms in total. The van der Waals surface area contributed by atoms with Crippen LogP contribution in [-0.4, -0.2) is 35.0 Å². The molecule has 0 radical (unpaired) electrons. The highest BCUT2D eigenvalue weighted by atomic mass is 16.5. The van der Waals surface area contributed by atoms with Gasteiger partial charge in [0.05, 0.1) is 12.1 Å². The lowest BCUT2D eigenvalue weighted by Gasteiger charge is -2.21. The molecule has 17 heavy (non-hydrogen) atoms. The zero-order chi connectivity index (χ0) is 12.5. The van der Waals surface area contributed by atoms with Crippen molar-refractivity contribution in [1.29, 1.82) is 0 Å². The maximum atomic E-state index is 9.44. The van der Waals surface area contributed by atoms with E-state index in [4.69, 9.17) is 9.26 Å². The number of nitrogens with zero attached hydrogens (tertiary/aromatic N) is 2. The van der Waals surface area contributed by atoms with Gasteiger partial charge >= 0.3 is 0 Å². The van der Waals surface area contributed by atoms with Gasteiger partial charge in [0.25, 0.3) is 0 Å². The first-order chi connectivity index (χ1) is 8.09. The Morgan fingerprint density at radius 3 is 2.94 bits per heavy atom. The predicted octanol–water partition coefficient (Wildman–Crippen LogP) is 0.736. The van der Waals surface area contributed by atoms with Crippen molar-refractivity contribution in [2.45, 2.75) is 44.4 Å². The summed E-state index contributed by atoms with van der Waals surface area (Å²) >= 11 is 0. The second kappa shape index (κ2) is 4.72. The van der Waals surface area contributed by atoms with Crippen LogP contribution in [0.3, 0.4) is 0 Å². The summed E-state index contributed by atoms with van der Waals surface area (Å²) in [7, 11) is 1.64. The van der Waals surface area contributed by atoms with Gasteiger partial charge in [-0.05, 0) is 19.8 Å². The molecule has 96 valence electrons. The lowest BCUT2D eigenvalue weighted by molar-refractivity contribution is -0.0106. The second-order valence-corrected chi connectivity index (χ2v) is 4.60. The summed E-state index contributed by atoms with van der Waals surface area (Å²) in [5.41, 5.74) is -0.515. The van der Waals surface area contributed by atoms with E-state index in [9.17, 15) is 5.11 Å². The quantitative estimate of drug-likeness (QED) is 0.809. The number of aliphatic hydroxyl groups excluding tert-OH is 1. The minimum absolute atomic E-state index is 0.0517. The van der Waals surface area contributed by atoms with Crippen molar-refractivity contribution in [3.05, 3.63) is 11.7 Å². The van der Waals surface area contributed by atoms with Crippen LogP contribution in [0.5, 0.6) is 0 Å². The van der Waals surface area contributed by atoms with Gasteiger partial charge in [-0.1, -0.05) is 12.1 Å². The van der Waals surface area contributed by atoms with Crippen molar-refractivity contribution < 1.29 is 14.4 Å². The summed E-state index contributed by atoms with van der Waals surface area (Å²) in [6.07, 6.45) is 1.04. The van der Waals surface area contributed by atoms with Crippen LogP contribution in [0.4, 0.5) is 0 Å². The summed E-state index contributed by atoms with van der Waals surface area (Å²) in [6, 6.07) is -0.0517. The second-order valence-electron chi connectivity index (χ2n) is 4.60. The third-order valence-corrected chi connectivity index (χ3v) is 3.45. The highest BCUT2D eigenvalue weighted by molar-refractivity contribution is 5.03. The topological polar surface area (TPSA) is 80.4 Å². The lowest BCUT2D eigenvalue weighted by atomic mass is 10.0. The Kier molecular flexibility index (Phi) is 3.46. The fourth-order valence-corrected chi connectivity index (χ4v) is 1.89. The third-order valence-electron chi connectivity index (χ3n) is 3.45. The summed E-state index contributed by atoms with van der Waals surface area (Å²) < 4.78 is 10.6. The molecule has 0 aromatic carbocycles. The van der Waals surface area contributed by atoms with Crippen LogP contribution in [-0.2, 0) is 10.3 Å². The normalized spacial score (nSPS) is 28.2. The monoisotopic (exact) mass is 241 g/mol. The van der Waals surface area contributed by atoms with E-state index in [1.54, 1.807) is 7.11 Å². The molecule has 6 heteroatoms. The molecule has 0 amide bonds. The van der Waals surface area contributed by atoms with Gasteiger partial charge in [0.1, 0.15) is 5.60 Å². The first kappa shape index (κ1) is 12.5. The Balaban J connectivity index is 2.15. The van der Waals surface area contributed by atoms with E-state index in [1.807, 2.05) is 13.8 Å². The zero-order valence-electron chi connectivity index (χ0n) is 10.4. The SMILES string of the molecule is CCC(C)(OC)c1noc([C@H]2C[C@H](O)CN2)n1. The van der Waals surface area contributed by atoms with Crippen LogP contribution in [0.1, 0.15) is 44.4 Å². The van der Waals surface area contributed by atoms with Gasteiger partial charge in [0, 0.05) is 13.7 Å². The third kappa shape index (κ3) is 2.34. The summed E-state index contributed by atoms with van der Waals surface area (Å²) in [5, 5.41) is 16.5. The standard InChI is InChI=1S/C11H19N3O3/c1-4-11(2,16-3)10-13-9(17-14-10)8-5-7(15)6-12-8/h7-8,12,15H,4-6H2,1-3H3/t7-,8+,11?/m0/s1. The minimum Gasteiger partial charge on any atom is -0.392 e. The van der Waals surface area contributed by atoms with Crippen molar-refractivity contribution in [2.24, 2.45) is 0 Å². The first-order valence-electron chi connectivity index (χ1n) is 5.89. The van der Waals surface area contributed by atoms with Crippen LogP contribution in [0.25, 0.3) is 0 Å². The smallest absolute Gasteiger partial charge is 0.243 e. The molecule has 3 atom stereocenters. The Hall–Kier alpha value is -0.980. The van der Waals surface area contributed by atoms with Gasteiger partial charge in [-0.25, -0.2) is 0 Å². The number of aromatic nitrogens is 2. The fourth-order valence-electron chi connectivity index (χ4n) is 1.89. The molecule has 1 aliphatic heterocycles. The predicted molar refractivity (Wildman–Crippen MR) is 60.3 cm³/mol. The van der Waals surface area contributed by atoms with E-state index in [2.05, 4.69) is 15.5 Å². The van der Waals surface area contributed by atoms with Crippen LogP contribution >= 0.6 is 0 Å². The van der Waals surface area contributed by atoms with Crippen LogP contribution in [0, 0.1) is 0 Å². The molecule has 0 spiro atoms. The van der Waals surface area contributed by atoms with Gasteiger partial charge in [0.15, 0.2) is 0 Å². The number of aliphatic hydroxyl groups is 1. The van der Waals surface area contributed by atoms with Crippen molar-refractivity contribution in [3.8, 4) is 0 Å². The summed E-state index contributed by atoms with van der Waals surface area (Å²) in [4.78, 5) is 4.36. The number of hydrogen-bond donors (Lipinski definition) is 2. The van der Waals surface area contributed by atoms with Crippen molar-refractivity contribution in [1.82, 2.24) is 15.5 Å². The molecular formula is C11H19N3O3. The van der Waals surface area contributed by atoms with Gasteiger partial charge in [0.2, 0.25) is 11.7 Å². The van der Waals surface area contributed by atoms with Gasteiger partial charge < -0.3 is 19.7 Å². The molecule has 2 N–H and O–H groups in total. The van der Waals surface area contributed by atoms with E-state index in [0.29, 0.717) is 24.7 Å². The molecule has 1 aromatic heterocycles. The summed E-state index contributed by atoms with van der Waals surface area (Å²) in [5.74, 6) is 1.08. The average Bonchev–Trinajstić information content (AvgIpc) is 2.96. The van der Waals surface area contributed by atoms with Gasteiger partial charge in [-0.2, -0.15) is 4.98 Å².